The maximum Gasteiger partial charge on any atom is 0.162 e. The van der Waals surface area contributed by atoms with E-state index in [1.54, 1.807) is 25.0 Å². The first-order chi connectivity index (χ1) is 8.56. The number of aryl methyl sites for hydroxylation is 2. The van der Waals surface area contributed by atoms with Crippen LogP contribution in [0, 0.1) is 13.8 Å². The number of methoxy groups -OCH3 is 1. The molecule has 2 aromatic rings. The third kappa shape index (κ3) is 1.99. The predicted molar refractivity (Wildman–Crippen MR) is 69.7 cm³/mol. The summed E-state index contributed by atoms with van der Waals surface area (Å²) >= 11 is 0. The largest absolute Gasteiger partial charge is 0.493 e. The summed E-state index contributed by atoms with van der Waals surface area (Å²) in [6.07, 6.45) is 0.885. The van der Waals surface area contributed by atoms with Crippen molar-refractivity contribution >= 4 is 0 Å². The zero-order valence-corrected chi connectivity index (χ0v) is 11.1. The second-order valence-electron chi connectivity index (χ2n) is 4.41. The zero-order chi connectivity index (χ0) is 13.3. The lowest BCUT2D eigenvalue weighted by atomic mass is 9.97. The monoisotopic (exact) mass is 246 g/mol. The van der Waals surface area contributed by atoms with Crippen LogP contribution in [0.4, 0.5) is 0 Å². The Kier molecular flexibility index (Phi) is 3.39. The van der Waals surface area contributed by atoms with Crippen molar-refractivity contribution in [1.82, 2.24) is 9.78 Å². The molecular weight excluding hydrogens is 228 g/mol. The number of hydrogen-bond acceptors (Lipinski definition) is 3. The smallest absolute Gasteiger partial charge is 0.162 e. The minimum Gasteiger partial charge on any atom is -0.493 e. The van der Waals surface area contributed by atoms with Crippen molar-refractivity contribution in [2.24, 2.45) is 7.05 Å². The number of nitrogens with zero attached hydrogens (tertiary/aromatic N) is 2. The van der Waals surface area contributed by atoms with Gasteiger partial charge in [0.2, 0.25) is 0 Å². The number of benzene rings is 1. The minimum absolute atomic E-state index is 0.603. The van der Waals surface area contributed by atoms with Gasteiger partial charge in [0.05, 0.1) is 13.3 Å². The number of rotatable bonds is 3. The molecule has 4 heteroatoms. The minimum atomic E-state index is -0.729. The summed E-state index contributed by atoms with van der Waals surface area (Å²) in [4.78, 5) is 0. The Hall–Kier alpha value is -1.81. The average Bonchev–Trinajstić information content (AvgIpc) is 2.73. The Balaban J connectivity index is 2.51. The third-order valence-electron chi connectivity index (χ3n) is 3.37. The maximum atomic E-state index is 10.5. The van der Waals surface area contributed by atoms with E-state index in [4.69, 9.17) is 4.74 Å². The Morgan fingerprint density at radius 1 is 1.33 bits per heavy atom. The molecule has 0 fully saturated rings. The average molecular weight is 246 g/mol. The van der Waals surface area contributed by atoms with Gasteiger partial charge in [-0.05, 0) is 30.5 Å². The van der Waals surface area contributed by atoms with E-state index in [-0.39, 0.29) is 0 Å². The van der Waals surface area contributed by atoms with E-state index in [0.717, 1.165) is 16.7 Å². The molecule has 0 bridgehead atoms. The predicted octanol–water partition coefficient (Wildman–Crippen LogP) is 2.13. The van der Waals surface area contributed by atoms with Gasteiger partial charge < -0.3 is 9.84 Å². The molecule has 1 atom stereocenters. The highest BCUT2D eigenvalue weighted by Crippen LogP contribution is 2.31. The molecule has 1 heterocycles. The van der Waals surface area contributed by atoms with Crippen LogP contribution in [0.15, 0.2) is 24.4 Å². The molecule has 0 aliphatic heterocycles. The fraction of sp³-hybridized carbons (Fsp3) is 0.357. The molecule has 0 aliphatic carbocycles. The number of ether oxygens (including phenoxy) is 1. The van der Waals surface area contributed by atoms with Gasteiger partial charge in [-0.3, -0.25) is 4.68 Å². The lowest BCUT2D eigenvalue weighted by Gasteiger charge is -2.16. The summed E-state index contributed by atoms with van der Waals surface area (Å²) in [6.45, 7) is 4.04. The van der Waals surface area contributed by atoms with Gasteiger partial charge in [-0.25, -0.2) is 0 Å². The Bertz CT molecular complexity index is 561. The van der Waals surface area contributed by atoms with Crippen LogP contribution >= 0.6 is 0 Å². The van der Waals surface area contributed by atoms with Crippen molar-refractivity contribution in [3.8, 4) is 5.75 Å². The summed E-state index contributed by atoms with van der Waals surface area (Å²) in [6, 6.07) is 5.91. The summed E-state index contributed by atoms with van der Waals surface area (Å²) in [5.41, 5.74) is 3.81. The standard InChI is InChI=1S/C14H18N2O2/c1-9-6-5-7-11(10(9)2)14(17)13-12(18-4)8-15-16(13)3/h5-8,14,17H,1-4H3. The third-order valence-corrected chi connectivity index (χ3v) is 3.37. The summed E-state index contributed by atoms with van der Waals surface area (Å²) in [7, 11) is 3.38. The van der Waals surface area contributed by atoms with E-state index >= 15 is 0 Å². The van der Waals surface area contributed by atoms with E-state index in [9.17, 15) is 5.11 Å². The topological polar surface area (TPSA) is 47.3 Å². The highest BCUT2D eigenvalue weighted by Gasteiger charge is 2.21. The molecule has 0 spiro atoms. The molecule has 96 valence electrons. The molecule has 1 N–H and O–H groups in total. The molecule has 18 heavy (non-hydrogen) atoms. The van der Waals surface area contributed by atoms with Gasteiger partial charge in [-0.15, -0.1) is 0 Å². The highest BCUT2D eigenvalue weighted by atomic mass is 16.5. The van der Waals surface area contributed by atoms with Crippen molar-refractivity contribution in [3.63, 3.8) is 0 Å². The van der Waals surface area contributed by atoms with Gasteiger partial charge >= 0.3 is 0 Å². The van der Waals surface area contributed by atoms with Gasteiger partial charge in [0.1, 0.15) is 11.8 Å². The van der Waals surface area contributed by atoms with Gasteiger partial charge in [0, 0.05) is 7.05 Å². The Morgan fingerprint density at radius 2 is 2.06 bits per heavy atom. The van der Waals surface area contributed by atoms with Crippen LogP contribution in [0.25, 0.3) is 0 Å². The molecule has 1 aromatic heterocycles. The van der Waals surface area contributed by atoms with Crippen molar-refractivity contribution in [2.75, 3.05) is 7.11 Å². The first-order valence-electron chi connectivity index (χ1n) is 5.86. The number of aromatic nitrogens is 2. The number of aliphatic hydroxyl groups is 1. The number of hydrogen-bond donors (Lipinski definition) is 1. The molecule has 1 aromatic carbocycles. The lowest BCUT2D eigenvalue weighted by Crippen LogP contribution is -2.09. The Labute approximate surface area is 107 Å². The summed E-state index contributed by atoms with van der Waals surface area (Å²) in [5.74, 6) is 0.603. The highest BCUT2D eigenvalue weighted by molar-refractivity contribution is 5.41. The second-order valence-corrected chi connectivity index (χ2v) is 4.41. The number of aliphatic hydroxyl groups excluding tert-OH is 1. The van der Waals surface area contributed by atoms with Crippen molar-refractivity contribution in [2.45, 2.75) is 20.0 Å². The molecule has 0 saturated carbocycles. The van der Waals surface area contributed by atoms with Gasteiger partial charge in [0.25, 0.3) is 0 Å². The van der Waals surface area contributed by atoms with E-state index in [1.807, 2.05) is 32.0 Å². The fourth-order valence-electron chi connectivity index (χ4n) is 2.11. The fourth-order valence-corrected chi connectivity index (χ4v) is 2.11. The van der Waals surface area contributed by atoms with E-state index in [0.29, 0.717) is 11.4 Å². The molecule has 0 saturated heterocycles. The van der Waals surface area contributed by atoms with Crippen LogP contribution < -0.4 is 4.74 Å². The molecule has 4 nitrogen and oxygen atoms in total. The quantitative estimate of drug-likeness (QED) is 0.902. The van der Waals surface area contributed by atoms with Crippen LogP contribution in [0.3, 0.4) is 0 Å². The maximum absolute atomic E-state index is 10.5. The SMILES string of the molecule is COc1cnn(C)c1C(O)c1cccc(C)c1C. The molecule has 1 unspecified atom stereocenters. The lowest BCUT2D eigenvalue weighted by molar-refractivity contribution is 0.203. The molecule has 0 amide bonds. The molecule has 0 radical (unpaired) electrons. The van der Waals surface area contributed by atoms with Crippen molar-refractivity contribution in [3.05, 3.63) is 46.8 Å². The first kappa shape index (κ1) is 12.6. The van der Waals surface area contributed by atoms with Crippen LogP contribution in [-0.2, 0) is 7.05 Å². The van der Waals surface area contributed by atoms with Crippen LogP contribution in [-0.4, -0.2) is 22.0 Å². The van der Waals surface area contributed by atoms with Crippen molar-refractivity contribution < 1.29 is 9.84 Å². The van der Waals surface area contributed by atoms with Crippen LogP contribution in [0.2, 0.25) is 0 Å². The van der Waals surface area contributed by atoms with E-state index in [2.05, 4.69) is 5.10 Å². The summed E-state index contributed by atoms with van der Waals surface area (Å²) in [5, 5.41) is 14.7. The summed E-state index contributed by atoms with van der Waals surface area (Å²) < 4.78 is 6.88. The second kappa shape index (κ2) is 4.82. The van der Waals surface area contributed by atoms with E-state index < -0.39 is 6.10 Å². The Morgan fingerprint density at radius 3 is 2.72 bits per heavy atom. The van der Waals surface area contributed by atoms with Crippen molar-refractivity contribution in [1.29, 1.82) is 0 Å². The van der Waals surface area contributed by atoms with Gasteiger partial charge in [-0.2, -0.15) is 5.10 Å². The van der Waals surface area contributed by atoms with Gasteiger partial charge in [-0.1, -0.05) is 18.2 Å². The zero-order valence-electron chi connectivity index (χ0n) is 11.1. The van der Waals surface area contributed by atoms with Crippen LogP contribution in [0.1, 0.15) is 28.5 Å². The van der Waals surface area contributed by atoms with Gasteiger partial charge in [0.15, 0.2) is 5.75 Å². The molecule has 2 rings (SSSR count). The molecular formula is C14H18N2O2. The molecule has 0 aliphatic rings. The first-order valence-corrected chi connectivity index (χ1v) is 5.86. The van der Waals surface area contributed by atoms with Crippen LogP contribution in [0.5, 0.6) is 5.75 Å². The normalized spacial score (nSPS) is 12.5. The van der Waals surface area contributed by atoms with E-state index in [1.165, 1.54) is 0 Å².